The fraction of sp³-hybridized carbons (Fsp3) is 0.154. The average Bonchev–Trinajstić information content (AvgIpc) is 2.34. The number of nitrogens with one attached hydrogen (secondary N) is 1. The molecule has 20 heavy (non-hydrogen) atoms. The first kappa shape index (κ1) is 14.3. The van der Waals surface area contributed by atoms with Gasteiger partial charge in [0.05, 0.1) is 16.3 Å². The number of halogens is 1. The van der Waals surface area contributed by atoms with Crippen molar-refractivity contribution < 1.29 is 12.8 Å². The van der Waals surface area contributed by atoms with Crippen LogP contribution in [0.3, 0.4) is 0 Å². The van der Waals surface area contributed by atoms with E-state index >= 15 is 0 Å². The normalized spacial score (nSPS) is 11.3. The van der Waals surface area contributed by atoms with Crippen molar-refractivity contribution in [1.29, 1.82) is 0 Å². The molecule has 0 saturated carbocycles. The second-order valence-corrected chi connectivity index (χ2v) is 6.12. The predicted octanol–water partition coefficient (Wildman–Crippen LogP) is 2.22. The fourth-order valence-corrected chi connectivity index (χ4v) is 2.91. The number of sulfonamides is 1. The minimum Gasteiger partial charge on any atom is -0.396 e. The molecule has 7 heteroatoms. The summed E-state index contributed by atoms with van der Waals surface area (Å²) in [6.45, 7) is 3.21. The molecule has 5 nitrogen and oxygen atoms in total. The maximum Gasteiger partial charge on any atom is 0.261 e. The third-order valence-corrected chi connectivity index (χ3v) is 4.08. The molecule has 0 atom stereocenters. The van der Waals surface area contributed by atoms with E-state index in [1.165, 1.54) is 25.3 Å². The van der Waals surface area contributed by atoms with Crippen molar-refractivity contribution in [2.24, 2.45) is 0 Å². The lowest BCUT2D eigenvalue weighted by molar-refractivity contribution is 0.599. The van der Waals surface area contributed by atoms with Crippen LogP contribution in [0, 0.1) is 19.7 Å². The molecule has 0 fully saturated rings. The lowest BCUT2D eigenvalue weighted by Gasteiger charge is -2.10. The summed E-state index contributed by atoms with van der Waals surface area (Å²) in [5.74, 6) is -0.608. The van der Waals surface area contributed by atoms with E-state index in [1.54, 1.807) is 13.0 Å². The summed E-state index contributed by atoms with van der Waals surface area (Å²) in [5.41, 5.74) is 6.51. The number of rotatable bonds is 3. The molecule has 2 rings (SSSR count). The lowest BCUT2D eigenvalue weighted by Crippen LogP contribution is -2.14. The number of aromatic nitrogens is 1. The Morgan fingerprint density at radius 3 is 2.55 bits per heavy atom. The zero-order valence-electron chi connectivity index (χ0n) is 11.0. The van der Waals surface area contributed by atoms with Crippen LogP contribution in [0.4, 0.5) is 15.8 Å². The molecule has 3 N–H and O–H groups in total. The van der Waals surface area contributed by atoms with Gasteiger partial charge in [0.25, 0.3) is 10.0 Å². The zero-order chi connectivity index (χ0) is 14.9. The molecule has 0 saturated heterocycles. The van der Waals surface area contributed by atoms with E-state index in [1.807, 2.05) is 0 Å². The average molecular weight is 295 g/mol. The molecule has 0 aliphatic carbocycles. The topological polar surface area (TPSA) is 85.1 Å². The van der Waals surface area contributed by atoms with Gasteiger partial charge in [-0.25, -0.2) is 12.8 Å². The molecule has 1 aromatic heterocycles. The maximum atomic E-state index is 13.4. The van der Waals surface area contributed by atoms with Gasteiger partial charge in [0.2, 0.25) is 0 Å². The highest BCUT2D eigenvalue weighted by Crippen LogP contribution is 2.23. The van der Waals surface area contributed by atoms with Gasteiger partial charge >= 0.3 is 0 Å². The molecule has 0 aliphatic rings. The van der Waals surface area contributed by atoms with Gasteiger partial charge in [-0.3, -0.25) is 9.71 Å². The Hall–Kier alpha value is -2.15. The van der Waals surface area contributed by atoms with Crippen LogP contribution in [0.1, 0.15) is 11.3 Å². The third-order valence-electron chi connectivity index (χ3n) is 2.72. The minimum atomic E-state index is -3.82. The SMILES string of the molecule is Cc1cc(NS(=O)(=O)c2cc(C)c(F)c(N)c2)ccn1. The summed E-state index contributed by atoms with van der Waals surface area (Å²) in [5, 5.41) is 0. The van der Waals surface area contributed by atoms with Crippen molar-refractivity contribution in [1.82, 2.24) is 4.98 Å². The van der Waals surface area contributed by atoms with Gasteiger partial charge < -0.3 is 5.73 Å². The Bertz CT molecular complexity index is 737. The van der Waals surface area contributed by atoms with Crippen molar-refractivity contribution >= 4 is 21.4 Å². The molecule has 2 aromatic rings. The van der Waals surface area contributed by atoms with E-state index in [0.29, 0.717) is 11.4 Å². The molecule has 0 spiro atoms. The van der Waals surface area contributed by atoms with Crippen LogP contribution in [0.2, 0.25) is 0 Å². The molecule has 0 unspecified atom stereocenters. The van der Waals surface area contributed by atoms with E-state index in [-0.39, 0.29) is 16.1 Å². The van der Waals surface area contributed by atoms with Crippen LogP contribution in [-0.2, 0) is 10.0 Å². The quantitative estimate of drug-likeness (QED) is 0.850. The Morgan fingerprint density at radius 2 is 1.95 bits per heavy atom. The summed E-state index contributed by atoms with van der Waals surface area (Å²) >= 11 is 0. The van der Waals surface area contributed by atoms with Crippen LogP contribution in [-0.4, -0.2) is 13.4 Å². The van der Waals surface area contributed by atoms with Crippen molar-refractivity contribution in [3.05, 3.63) is 47.5 Å². The summed E-state index contributed by atoms with van der Waals surface area (Å²) in [6, 6.07) is 5.46. The number of benzene rings is 1. The smallest absolute Gasteiger partial charge is 0.261 e. The van der Waals surface area contributed by atoms with Gasteiger partial charge in [-0.1, -0.05) is 0 Å². The third kappa shape index (κ3) is 2.88. The van der Waals surface area contributed by atoms with Crippen LogP contribution in [0.5, 0.6) is 0 Å². The van der Waals surface area contributed by atoms with Gasteiger partial charge in [0.1, 0.15) is 5.82 Å². The van der Waals surface area contributed by atoms with Crippen molar-refractivity contribution in [2.75, 3.05) is 10.5 Å². The van der Waals surface area contributed by atoms with Crippen LogP contribution in [0.15, 0.2) is 35.4 Å². The largest absolute Gasteiger partial charge is 0.396 e. The monoisotopic (exact) mass is 295 g/mol. The summed E-state index contributed by atoms with van der Waals surface area (Å²) < 4.78 is 40.3. The molecule has 0 aliphatic heterocycles. The van der Waals surface area contributed by atoms with Crippen LogP contribution < -0.4 is 10.5 Å². The van der Waals surface area contributed by atoms with E-state index in [9.17, 15) is 12.8 Å². The van der Waals surface area contributed by atoms with E-state index in [2.05, 4.69) is 9.71 Å². The number of nitrogen functional groups attached to an aromatic ring is 1. The lowest BCUT2D eigenvalue weighted by atomic mass is 10.2. The first-order chi connectivity index (χ1) is 9.29. The summed E-state index contributed by atoms with van der Waals surface area (Å²) in [6.07, 6.45) is 1.50. The standard InChI is InChI=1S/C13H14FN3O2S/c1-8-5-11(7-12(15)13(8)14)20(18,19)17-10-3-4-16-9(2)6-10/h3-7H,15H2,1-2H3,(H,16,17). The highest BCUT2D eigenvalue weighted by molar-refractivity contribution is 7.92. The number of hydrogen-bond acceptors (Lipinski definition) is 4. The number of nitrogens with two attached hydrogens (primary N) is 1. The molecule has 0 bridgehead atoms. The summed E-state index contributed by atoms with van der Waals surface area (Å²) in [4.78, 5) is 3.90. The van der Waals surface area contributed by atoms with Gasteiger partial charge in [-0.05, 0) is 43.7 Å². The maximum absolute atomic E-state index is 13.4. The summed E-state index contributed by atoms with van der Waals surface area (Å²) in [7, 11) is -3.82. The van der Waals surface area contributed by atoms with Crippen LogP contribution in [0.25, 0.3) is 0 Å². The molecule has 0 radical (unpaired) electrons. The Morgan fingerprint density at radius 1 is 1.25 bits per heavy atom. The number of anilines is 2. The van der Waals surface area contributed by atoms with Gasteiger partial charge in [-0.2, -0.15) is 0 Å². The zero-order valence-corrected chi connectivity index (χ0v) is 11.8. The number of pyridine rings is 1. The van der Waals surface area contributed by atoms with Crippen molar-refractivity contribution in [2.45, 2.75) is 18.7 Å². The number of hydrogen-bond donors (Lipinski definition) is 2. The van der Waals surface area contributed by atoms with Gasteiger partial charge in [0.15, 0.2) is 0 Å². The second kappa shape index (κ2) is 5.09. The highest BCUT2D eigenvalue weighted by atomic mass is 32.2. The molecular formula is C13H14FN3O2S. The Balaban J connectivity index is 2.41. The first-order valence-corrected chi connectivity index (χ1v) is 7.29. The van der Waals surface area contributed by atoms with E-state index < -0.39 is 15.8 Å². The van der Waals surface area contributed by atoms with Gasteiger partial charge in [0, 0.05) is 11.9 Å². The van der Waals surface area contributed by atoms with Crippen molar-refractivity contribution in [3.63, 3.8) is 0 Å². The minimum absolute atomic E-state index is 0.0802. The number of nitrogens with zero attached hydrogens (tertiary/aromatic N) is 1. The molecule has 106 valence electrons. The van der Waals surface area contributed by atoms with E-state index in [4.69, 9.17) is 5.73 Å². The molecule has 0 amide bonds. The molecule has 1 heterocycles. The Labute approximate surface area is 116 Å². The predicted molar refractivity (Wildman–Crippen MR) is 75.3 cm³/mol. The van der Waals surface area contributed by atoms with E-state index in [0.717, 1.165) is 6.07 Å². The van der Waals surface area contributed by atoms with Gasteiger partial charge in [-0.15, -0.1) is 0 Å². The second-order valence-electron chi connectivity index (χ2n) is 4.43. The Kier molecular flexibility index (Phi) is 3.63. The first-order valence-electron chi connectivity index (χ1n) is 5.81. The number of aryl methyl sites for hydroxylation is 2. The fourth-order valence-electron chi connectivity index (χ4n) is 1.74. The van der Waals surface area contributed by atoms with Crippen LogP contribution >= 0.6 is 0 Å². The molecule has 1 aromatic carbocycles. The highest BCUT2D eigenvalue weighted by Gasteiger charge is 2.17. The molecular weight excluding hydrogens is 281 g/mol. The van der Waals surface area contributed by atoms with Crippen molar-refractivity contribution in [3.8, 4) is 0 Å².